The van der Waals surface area contributed by atoms with E-state index in [4.69, 9.17) is 4.74 Å². The van der Waals surface area contributed by atoms with Gasteiger partial charge in [-0.25, -0.2) is 0 Å². The Kier molecular flexibility index (Phi) is 8.67. The van der Waals surface area contributed by atoms with Crippen LogP contribution >= 0.6 is 0 Å². The highest BCUT2D eigenvalue weighted by atomic mass is 19.4. The van der Waals surface area contributed by atoms with Gasteiger partial charge < -0.3 is 9.47 Å². The molecule has 2 fully saturated rings. The number of rotatable bonds is 8. The predicted molar refractivity (Wildman–Crippen MR) is 114 cm³/mol. The van der Waals surface area contributed by atoms with Crippen LogP contribution in [-0.4, -0.2) is 12.3 Å². The van der Waals surface area contributed by atoms with Gasteiger partial charge in [-0.3, -0.25) is 4.79 Å². The molecular formula is C25H35F3O3. The van der Waals surface area contributed by atoms with Crippen LogP contribution < -0.4 is 9.47 Å². The lowest BCUT2D eigenvalue weighted by molar-refractivity contribution is -0.274. The summed E-state index contributed by atoms with van der Waals surface area (Å²) in [7, 11) is 0. The highest BCUT2D eigenvalue weighted by Crippen LogP contribution is 2.42. The number of ether oxygens (including phenoxy) is 2. The molecule has 2 saturated carbocycles. The molecule has 6 heteroatoms. The number of carbonyl (C=O) groups is 1. The Hall–Kier alpha value is -1.72. The number of hydrogen-bond donors (Lipinski definition) is 0. The van der Waals surface area contributed by atoms with Crippen molar-refractivity contribution in [3.63, 3.8) is 0 Å². The van der Waals surface area contributed by atoms with Crippen LogP contribution in [0.5, 0.6) is 11.5 Å². The quantitative estimate of drug-likeness (QED) is 0.236. The molecule has 0 heterocycles. The number of hydrogen-bond acceptors (Lipinski definition) is 3. The van der Waals surface area contributed by atoms with E-state index >= 15 is 0 Å². The molecule has 31 heavy (non-hydrogen) atoms. The number of halogens is 3. The van der Waals surface area contributed by atoms with Crippen LogP contribution in [0, 0.1) is 23.7 Å². The second-order valence-corrected chi connectivity index (χ2v) is 9.33. The highest BCUT2D eigenvalue weighted by molar-refractivity contribution is 5.75. The van der Waals surface area contributed by atoms with Gasteiger partial charge in [0.1, 0.15) is 11.5 Å². The molecule has 174 valence electrons. The summed E-state index contributed by atoms with van der Waals surface area (Å²) in [6.07, 6.45) is 9.91. The van der Waals surface area contributed by atoms with E-state index in [0.717, 1.165) is 55.6 Å². The van der Waals surface area contributed by atoms with Gasteiger partial charge in [-0.15, -0.1) is 13.2 Å². The molecular weight excluding hydrogens is 405 g/mol. The van der Waals surface area contributed by atoms with E-state index in [9.17, 15) is 18.0 Å². The molecule has 0 aromatic heterocycles. The van der Waals surface area contributed by atoms with E-state index in [0.29, 0.717) is 0 Å². The molecule has 0 amide bonds. The van der Waals surface area contributed by atoms with Crippen molar-refractivity contribution in [1.82, 2.24) is 0 Å². The van der Waals surface area contributed by atoms with Gasteiger partial charge in [0.15, 0.2) is 0 Å². The number of benzene rings is 1. The van der Waals surface area contributed by atoms with Crippen LogP contribution in [-0.2, 0) is 4.79 Å². The van der Waals surface area contributed by atoms with Crippen molar-refractivity contribution in [2.75, 3.05) is 0 Å². The van der Waals surface area contributed by atoms with Crippen LogP contribution in [0.2, 0.25) is 0 Å². The number of unbranched alkanes of at least 4 members (excludes halogenated alkanes) is 2. The molecule has 2 aliphatic carbocycles. The Bertz CT molecular complexity index is 670. The molecule has 3 rings (SSSR count). The number of carbonyl (C=O) groups excluding carboxylic acids is 1. The Labute approximate surface area is 183 Å². The lowest BCUT2D eigenvalue weighted by Gasteiger charge is -2.37. The van der Waals surface area contributed by atoms with Gasteiger partial charge in [0.25, 0.3) is 0 Å². The average molecular weight is 441 g/mol. The highest BCUT2D eigenvalue weighted by Gasteiger charge is 2.34. The van der Waals surface area contributed by atoms with Crippen molar-refractivity contribution in [2.24, 2.45) is 23.7 Å². The van der Waals surface area contributed by atoms with Gasteiger partial charge in [0.05, 0.1) is 5.92 Å². The van der Waals surface area contributed by atoms with E-state index in [1.54, 1.807) is 0 Å². The third-order valence-electron chi connectivity index (χ3n) is 7.15. The zero-order valence-corrected chi connectivity index (χ0v) is 18.5. The molecule has 0 atom stereocenters. The van der Waals surface area contributed by atoms with Gasteiger partial charge in [0, 0.05) is 0 Å². The van der Waals surface area contributed by atoms with Crippen molar-refractivity contribution in [2.45, 2.75) is 90.3 Å². The topological polar surface area (TPSA) is 35.5 Å². The minimum Gasteiger partial charge on any atom is -0.426 e. The van der Waals surface area contributed by atoms with Crippen molar-refractivity contribution >= 4 is 5.97 Å². The lowest BCUT2D eigenvalue weighted by atomic mass is 9.68. The molecule has 0 spiro atoms. The van der Waals surface area contributed by atoms with Crippen LogP contribution in [0.25, 0.3) is 0 Å². The zero-order chi connectivity index (χ0) is 22.3. The molecule has 0 aliphatic heterocycles. The van der Waals surface area contributed by atoms with E-state index < -0.39 is 6.36 Å². The monoisotopic (exact) mass is 440 g/mol. The van der Waals surface area contributed by atoms with Gasteiger partial charge >= 0.3 is 12.3 Å². The third-order valence-corrected chi connectivity index (χ3v) is 7.15. The Morgan fingerprint density at radius 2 is 1.42 bits per heavy atom. The predicted octanol–water partition coefficient (Wildman–Crippen LogP) is 7.68. The van der Waals surface area contributed by atoms with Crippen LogP contribution in [0.1, 0.15) is 84.0 Å². The largest absolute Gasteiger partial charge is 0.573 e. The molecule has 2 aliphatic rings. The zero-order valence-electron chi connectivity index (χ0n) is 18.5. The van der Waals surface area contributed by atoms with E-state index in [1.165, 1.54) is 63.5 Å². The molecule has 1 aromatic rings. The first kappa shape index (κ1) is 23.9. The van der Waals surface area contributed by atoms with Gasteiger partial charge in [-0.1, -0.05) is 45.4 Å². The van der Waals surface area contributed by atoms with E-state index in [1.807, 2.05) is 0 Å². The van der Waals surface area contributed by atoms with Crippen molar-refractivity contribution in [1.29, 1.82) is 0 Å². The molecule has 0 unspecified atom stereocenters. The Morgan fingerprint density at radius 1 is 0.871 bits per heavy atom. The van der Waals surface area contributed by atoms with Gasteiger partial charge in [-0.05, 0) is 80.5 Å². The summed E-state index contributed by atoms with van der Waals surface area (Å²) in [6, 6.07) is 4.99. The van der Waals surface area contributed by atoms with Crippen molar-refractivity contribution in [3.8, 4) is 11.5 Å². The van der Waals surface area contributed by atoms with Crippen LogP contribution in [0.4, 0.5) is 13.2 Å². The molecule has 1 aromatic carbocycles. The summed E-state index contributed by atoms with van der Waals surface area (Å²) >= 11 is 0. The molecule has 0 bridgehead atoms. The normalized spacial score (nSPS) is 27.0. The van der Waals surface area contributed by atoms with Crippen molar-refractivity contribution in [3.05, 3.63) is 24.3 Å². The Balaban J connectivity index is 1.38. The second-order valence-electron chi connectivity index (χ2n) is 9.33. The second kappa shape index (κ2) is 11.2. The fraction of sp³-hybridized carbons (Fsp3) is 0.720. The summed E-state index contributed by atoms with van der Waals surface area (Å²) < 4.78 is 45.9. The molecule has 3 nitrogen and oxygen atoms in total. The molecule has 0 radical (unpaired) electrons. The first-order chi connectivity index (χ1) is 14.8. The number of alkyl halides is 3. The molecule has 0 N–H and O–H groups in total. The summed E-state index contributed by atoms with van der Waals surface area (Å²) in [4.78, 5) is 12.5. The van der Waals surface area contributed by atoms with Gasteiger partial charge in [0.2, 0.25) is 0 Å². The average Bonchev–Trinajstić information content (AvgIpc) is 2.75. The maximum Gasteiger partial charge on any atom is 0.573 e. The minimum atomic E-state index is -4.73. The summed E-state index contributed by atoms with van der Waals surface area (Å²) in [5, 5.41) is 0. The lowest BCUT2D eigenvalue weighted by Crippen LogP contribution is -2.30. The van der Waals surface area contributed by atoms with E-state index in [2.05, 4.69) is 11.7 Å². The number of esters is 1. The maximum absolute atomic E-state index is 12.5. The fourth-order valence-electron chi connectivity index (χ4n) is 5.37. The standard InChI is InChI=1S/C25H35F3O3/c1-2-3-4-5-18-6-8-19(9-7-18)20-10-12-21(13-11-20)24(29)30-22-14-16-23(17-15-22)31-25(26,27)28/h14-21H,2-13H2,1H3/t18-,19-,20-,21-. The van der Waals surface area contributed by atoms with Crippen LogP contribution in [0.15, 0.2) is 24.3 Å². The maximum atomic E-state index is 12.5. The first-order valence-corrected chi connectivity index (χ1v) is 11.9. The summed E-state index contributed by atoms with van der Waals surface area (Å²) in [5.41, 5.74) is 0. The SMILES string of the molecule is CCCCC[C@H]1CC[C@H]([C@H]2CC[C@H](C(=O)Oc3ccc(OC(F)(F)F)cc3)CC2)CC1. The minimum absolute atomic E-state index is 0.118. The van der Waals surface area contributed by atoms with Crippen molar-refractivity contribution < 1.29 is 27.4 Å². The summed E-state index contributed by atoms with van der Waals surface area (Å²) in [5.74, 6) is 1.98. The third kappa shape index (κ3) is 7.73. The van der Waals surface area contributed by atoms with Gasteiger partial charge in [-0.2, -0.15) is 0 Å². The summed E-state index contributed by atoms with van der Waals surface area (Å²) in [6.45, 7) is 2.26. The van der Waals surface area contributed by atoms with Crippen LogP contribution in [0.3, 0.4) is 0 Å². The fourth-order valence-corrected chi connectivity index (χ4v) is 5.37. The van der Waals surface area contributed by atoms with E-state index in [-0.39, 0.29) is 23.4 Å². The molecule has 0 saturated heterocycles. The smallest absolute Gasteiger partial charge is 0.426 e. The first-order valence-electron chi connectivity index (χ1n) is 11.9. The Morgan fingerprint density at radius 3 is 1.97 bits per heavy atom.